The summed E-state index contributed by atoms with van der Waals surface area (Å²) in [5.74, 6) is -0.339. The van der Waals surface area contributed by atoms with Gasteiger partial charge >= 0.3 is 5.97 Å². The standard InChI is InChI=1S/C21H22O4S/c1-4-14-21(2)19(16-10-12-17(13-11-16)26(3,23)24)18(20(22)25-21)15-8-6-5-7-9-15/h5-13H,4,14H2,1-3H3. The number of carbonyl (C=O) groups is 1. The van der Waals surface area contributed by atoms with E-state index in [0.717, 1.165) is 23.1 Å². The van der Waals surface area contributed by atoms with Crippen molar-refractivity contribution in [2.24, 2.45) is 0 Å². The predicted molar refractivity (Wildman–Crippen MR) is 102 cm³/mol. The smallest absolute Gasteiger partial charge is 0.340 e. The van der Waals surface area contributed by atoms with Crippen molar-refractivity contribution in [2.75, 3.05) is 6.26 Å². The summed E-state index contributed by atoms with van der Waals surface area (Å²) in [6.45, 7) is 3.97. The lowest BCUT2D eigenvalue weighted by Crippen LogP contribution is -2.27. The molecular weight excluding hydrogens is 348 g/mol. The monoisotopic (exact) mass is 370 g/mol. The molecule has 0 N–H and O–H groups in total. The van der Waals surface area contributed by atoms with Gasteiger partial charge in [-0.3, -0.25) is 0 Å². The number of sulfone groups is 1. The van der Waals surface area contributed by atoms with Crippen molar-refractivity contribution in [3.8, 4) is 0 Å². The summed E-state index contributed by atoms with van der Waals surface area (Å²) in [5.41, 5.74) is 2.24. The molecule has 4 nitrogen and oxygen atoms in total. The number of ether oxygens (including phenoxy) is 1. The van der Waals surface area contributed by atoms with E-state index >= 15 is 0 Å². The van der Waals surface area contributed by atoms with Gasteiger partial charge in [0.1, 0.15) is 5.60 Å². The fourth-order valence-corrected chi connectivity index (χ4v) is 4.14. The molecule has 26 heavy (non-hydrogen) atoms. The number of cyclic esters (lactones) is 1. The molecule has 2 aromatic rings. The number of benzene rings is 2. The average molecular weight is 370 g/mol. The first-order chi connectivity index (χ1) is 12.3. The Labute approximate surface area is 154 Å². The lowest BCUT2D eigenvalue weighted by Gasteiger charge is -2.26. The summed E-state index contributed by atoms with van der Waals surface area (Å²) in [5, 5.41) is 0. The van der Waals surface area contributed by atoms with E-state index in [1.165, 1.54) is 6.26 Å². The lowest BCUT2D eigenvalue weighted by atomic mass is 9.83. The normalized spacial score (nSPS) is 20.3. The van der Waals surface area contributed by atoms with Crippen LogP contribution in [0, 0.1) is 0 Å². The van der Waals surface area contributed by atoms with Crippen molar-refractivity contribution in [1.29, 1.82) is 0 Å². The third kappa shape index (κ3) is 3.31. The van der Waals surface area contributed by atoms with Crippen molar-refractivity contribution in [1.82, 2.24) is 0 Å². The zero-order valence-electron chi connectivity index (χ0n) is 15.2. The molecule has 0 bridgehead atoms. The Morgan fingerprint density at radius 2 is 1.58 bits per heavy atom. The van der Waals surface area contributed by atoms with Crippen molar-refractivity contribution >= 4 is 27.0 Å². The molecule has 1 aliphatic heterocycles. The minimum Gasteiger partial charge on any atom is -0.451 e. The van der Waals surface area contributed by atoms with Crippen LogP contribution in [0.4, 0.5) is 0 Å². The van der Waals surface area contributed by atoms with Gasteiger partial charge < -0.3 is 4.74 Å². The van der Waals surface area contributed by atoms with Crippen molar-refractivity contribution < 1.29 is 17.9 Å². The minimum absolute atomic E-state index is 0.255. The first kappa shape index (κ1) is 18.4. The quantitative estimate of drug-likeness (QED) is 0.743. The first-order valence-corrected chi connectivity index (χ1v) is 10.5. The topological polar surface area (TPSA) is 60.4 Å². The van der Waals surface area contributed by atoms with Crippen LogP contribution in [0.15, 0.2) is 59.5 Å². The van der Waals surface area contributed by atoms with Gasteiger partial charge in [-0.25, -0.2) is 13.2 Å². The zero-order chi connectivity index (χ0) is 18.9. The number of hydrogen-bond donors (Lipinski definition) is 0. The van der Waals surface area contributed by atoms with Gasteiger partial charge in [-0.05, 0) is 36.6 Å². The Morgan fingerprint density at radius 3 is 2.12 bits per heavy atom. The molecule has 0 radical (unpaired) electrons. The largest absolute Gasteiger partial charge is 0.451 e. The fourth-order valence-electron chi connectivity index (χ4n) is 3.51. The highest BCUT2D eigenvalue weighted by Gasteiger charge is 2.44. The van der Waals surface area contributed by atoms with Crippen LogP contribution in [0.2, 0.25) is 0 Å². The predicted octanol–water partition coefficient (Wildman–Crippen LogP) is 4.12. The van der Waals surface area contributed by atoms with Gasteiger partial charge in [0, 0.05) is 11.8 Å². The van der Waals surface area contributed by atoms with Crippen molar-refractivity contribution in [3.05, 3.63) is 65.7 Å². The molecule has 0 saturated carbocycles. The number of hydrogen-bond acceptors (Lipinski definition) is 4. The Balaban J connectivity index is 2.22. The molecule has 1 unspecified atom stereocenters. The van der Waals surface area contributed by atoms with E-state index in [1.807, 2.05) is 44.2 Å². The third-order valence-electron chi connectivity index (χ3n) is 4.66. The number of esters is 1. The maximum atomic E-state index is 12.7. The molecule has 136 valence electrons. The van der Waals surface area contributed by atoms with Crippen molar-refractivity contribution in [3.63, 3.8) is 0 Å². The van der Waals surface area contributed by atoms with Gasteiger partial charge in [-0.15, -0.1) is 0 Å². The van der Waals surface area contributed by atoms with E-state index in [4.69, 9.17) is 4.74 Å². The van der Waals surface area contributed by atoms with Crippen LogP contribution in [-0.4, -0.2) is 26.2 Å². The average Bonchev–Trinajstić information content (AvgIpc) is 2.85. The summed E-state index contributed by atoms with van der Waals surface area (Å²) >= 11 is 0. The second kappa shape index (κ2) is 6.72. The van der Waals surface area contributed by atoms with E-state index < -0.39 is 15.4 Å². The van der Waals surface area contributed by atoms with Gasteiger partial charge in [0.2, 0.25) is 0 Å². The van der Waals surface area contributed by atoms with Crippen molar-refractivity contribution in [2.45, 2.75) is 37.2 Å². The molecule has 1 atom stereocenters. The first-order valence-electron chi connectivity index (χ1n) is 8.60. The lowest BCUT2D eigenvalue weighted by molar-refractivity contribution is -0.143. The van der Waals surface area contributed by atoms with Gasteiger partial charge in [0.15, 0.2) is 9.84 Å². The minimum atomic E-state index is -3.27. The third-order valence-corrected chi connectivity index (χ3v) is 5.79. The van der Waals surface area contributed by atoms with E-state index in [2.05, 4.69) is 0 Å². The number of carbonyl (C=O) groups excluding carboxylic acids is 1. The number of rotatable bonds is 5. The highest BCUT2D eigenvalue weighted by Crippen LogP contribution is 2.46. The Kier molecular flexibility index (Phi) is 4.76. The second-order valence-electron chi connectivity index (χ2n) is 6.78. The molecule has 5 heteroatoms. The van der Waals surface area contributed by atoms with Gasteiger partial charge in [-0.2, -0.15) is 0 Å². The molecule has 3 rings (SSSR count). The van der Waals surface area contributed by atoms with Gasteiger partial charge in [0.25, 0.3) is 0 Å². The van der Waals surface area contributed by atoms with Gasteiger partial charge in [0.05, 0.1) is 10.5 Å². The van der Waals surface area contributed by atoms with E-state index in [9.17, 15) is 13.2 Å². The molecule has 0 aliphatic carbocycles. The SMILES string of the molecule is CCCC1(C)OC(=O)C(c2ccccc2)=C1c1ccc(S(C)(=O)=O)cc1. The second-order valence-corrected chi connectivity index (χ2v) is 8.80. The highest BCUT2D eigenvalue weighted by molar-refractivity contribution is 7.90. The maximum absolute atomic E-state index is 12.7. The molecule has 0 aromatic heterocycles. The summed E-state index contributed by atoms with van der Waals surface area (Å²) in [7, 11) is -3.27. The van der Waals surface area contributed by atoms with Gasteiger partial charge in [-0.1, -0.05) is 55.8 Å². The molecule has 1 aliphatic rings. The highest BCUT2D eigenvalue weighted by atomic mass is 32.2. The van der Waals surface area contributed by atoms with Crippen LogP contribution >= 0.6 is 0 Å². The van der Waals surface area contributed by atoms with Crippen LogP contribution in [0.25, 0.3) is 11.1 Å². The Morgan fingerprint density at radius 1 is 0.962 bits per heavy atom. The fraction of sp³-hybridized carbons (Fsp3) is 0.286. The summed E-state index contributed by atoms with van der Waals surface area (Å²) in [6, 6.07) is 16.1. The molecule has 0 spiro atoms. The molecule has 1 heterocycles. The Bertz CT molecular complexity index is 957. The maximum Gasteiger partial charge on any atom is 0.340 e. The van der Waals surface area contributed by atoms with Crippen LogP contribution in [0.3, 0.4) is 0 Å². The summed E-state index contributed by atoms with van der Waals surface area (Å²) < 4.78 is 29.3. The molecule has 0 amide bonds. The molecular formula is C21H22O4S. The van der Waals surface area contributed by atoms with Crippen LogP contribution in [-0.2, 0) is 19.4 Å². The molecule has 2 aromatic carbocycles. The van der Waals surface area contributed by atoms with E-state index in [0.29, 0.717) is 12.0 Å². The van der Waals surface area contributed by atoms with Crippen LogP contribution < -0.4 is 0 Å². The van der Waals surface area contributed by atoms with Crippen LogP contribution in [0.5, 0.6) is 0 Å². The molecule has 0 fully saturated rings. The molecule has 0 saturated heterocycles. The summed E-state index contributed by atoms with van der Waals surface area (Å²) in [6.07, 6.45) is 2.73. The van der Waals surface area contributed by atoms with Crippen LogP contribution in [0.1, 0.15) is 37.8 Å². The van der Waals surface area contributed by atoms with E-state index in [-0.39, 0.29) is 10.9 Å². The zero-order valence-corrected chi connectivity index (χ0v) is 16.0. The van der Waals surface area contributed by atoms with E-state index in [1.54, 1.807) is 24.3 Å². The Hall–Kier alpha value is -2.40. The summed E-state index contributed by atoms with van der Waals surface area (Å²) in [4.78, 5) is 13.0.